The van der Waals surface area contributed by atoms with Crippen molar-refractivity contribution in [1.82, 2.24) is 9.78 Å². The van der Waals surface area contributed by atoms with Gasteiger partial charge in [-0.15, -0.1) is 0 Å². The number of aliphatic hydroxyl groups excluding tert-OH is 1. The summed E-state index contributed by atoms with van der Waals surface area (Å²) in [6.07, 6.45) is 1.64. The Morgan fingerprint density at radius 3 is 3.04 bits per heavy atom. The van der Waals surface area contributed by atoms with Crippen LogP contribution in [0.15, 0.2) is 12.1 Å². The molecule has 0 spiro atoms. The minimum atomic E-state index is -0.565. The highest BCUT2D eigenvalue weighted by Crippen LogP contribution is 2.40. The zero-order chi connectivity index (χ0) is 18.4. The highest BCUT2D eigenvalue weighted by atomic mass is 19.1. The summed E-state index contributed by atoms with van der Waals surface area (Å²) < 4.78 is 20.5. The maximum Gasteiger partial charge on any atom is 0.256 e. The zero-order valence-corrected chi connectivity index (χ0v) is 14.5. The molecule has 0 fully saturated rings. The Balaban J connectivity index is 1.74. The number of nitrogen functional groups attached to an aromatic ring is 1. The number of ether oxygens (including phenoxy) is 1. The van der Waals surface area contributed by atoms with Crippen molar-refractivity contribution in [3.63, 3.8) is 0 Å². The van der Waals surface area contributed by atoms with E-state index in [1.807, 2.05) is 0 Å². The predicted octanol–water partition coefficient (Wildman–Crippen LogP) is 1.70. The maximum absolute atomic E-state index is 14.0. The molecule has 0 bridgehead atoms. The molecule has 1 aromatic carbocycles. The quantitative estimate of drug-likeness (QED) is 0.753. The van der Waals surface area contributed by atoms with E-state index in [0.29, 0.717) is 49.2 Å². The highest BCUT2D eigenvalue weighted by molar-refractivity contribution is 5.91. The van der Waals surface area contributed by atoms with Crippen LogP contribution < -0.4 is 15.8 Å². The van der Waals surface area contributed by atoms with Crippen molar-refractivity contribution in [2.75, 3.05) is 24.7 Å². The first kappa shape index (κ1) is 16.8. The van der Waals surface area contributed by atoms with Crippen LogP contribution in [0.5, 0.6) is 5.75 Å². The van der Waals surface area contributed by atoms with Gasteiger partial charge in [0.05, 0.1) is 30.5 Å². The van der Waals surface area contributed by atoms with Crippen LogP contribution in [0.4, 0.5) is 15.9 Å². The van der Waals surface area contributed by atoms with E-state index in [1.54, 1.807) is 0 Å². The van der Waals surface area contributed by atoms with Crippen LogP contribution in [0.3, 0.4) is 0 Å². The summed E-state index contributed by atoms with van der Waals surface area (Å²) in [5.41, 5.74) is 8.83. The van der Waals surface area contributed by atoms with Crippen molar-refractivity contribution in [3.8, 4) is 5.75 Å². The second-order valence-electron chi connectivity index (χ2n) is 6.80. The smallest absolute Gasteiger partial charge is 0.256 e. The summed E-state index contributed by atoms with van der Waals surface area (Å²) in [5, 5.41) is 17.4. The van der Waals surface area contributed by atoms with Gasteiger partial charge in [-0.2, -0.15) is 9.78 Å². The van der Waals surface area contributed by atoms with Crippen LogP contribution in [0, 0.1) is 5.82 Å². The molecule has 7 nitrogen and oxygen atoms in total. The molecule has 2 atom stereocenters. The first-order chi connectivity index (χ1) is 12.5. The number of nitrogens with two attached hydrogens (primary N) is 1. The molecule has 1 aliphatic heterocycles. The fourth-order valence-electron chi connectivity index (χ4n) is 3.87. The molecule has 2 heterocycles. The lowest BCUT2D eigenvalue weighted by molar-refractivity contribution is 0.0859. The number of nitrogens with zero attached hydrogens (tertiary/aromatic N) is 2. The molecule has 1 aliphatic carbocycles. The predicted molar refractivity (Wildman–Crippen MR) is 94.1 cm³/mol. The molecule has 4 N–H and O–H groups in total. The summed E-state index contributed by atoms with van der Waals surface area (Å²) in [6.45, 7) is 0.561. The Morgan fingerprint density at radius 2 is 2.27 bits per heavy atom. The number of hydrogen-bond donors (Lipinski definition) is 3. The fraction of sp³-hybridized carbons (Fsp3) is 0.444. The molecular weight excluding hydrogens is 339 g/mol. The summed E-state index contributed by atoms with van der Waals surface area (Å²) in [7, 11) is 1.47. The van der Waals surface area contributed by atoms with Gasteiger partial charge >= 0.3 is 0 Å². The molecule has 0 saturated heterocycles. The summed E-state index contributed by atoms with van der Waals surface area (Å²) in [5.74, 6) is -0.676. The number of aliphatic hydroxyl groups is 1. The molecule has 0 radical (unpaired) electrons. The van der Waals surface area contributed by atoms with Gasteiger partial charge in [0, 0.05) is 24.6 Å². The van der Waals surface area contributed by atoms with Crippen molar-refractivity contribution in [2.45, 2.75) is 37.7 Å². The van der Waals surface area contributed by atoms with E-state index in [2.05, 4.69) is 10.4 Å². The highest BCUT2D eigenvalue weighted by Gasteiger charge is 2.33. The third-order valence-corrected chi connectivity index (χ3v) is 5.19. The van der Waals surface area contributed by atoms with Crippen LogP contribution in [0.25, 0.3) is 0 Å². The SMILES string of the molecule is COc1cc(F)cc2c1NCCC2C(=O)n1nc2c(c1N)C[C@H](O)CC2. The molecule has 0 amide bonds. The molecular formula is C18H21FN4O3. The number of nitrogens with one attached hydrogen (secondary N) is 1. The van der Waals surface area contributed by atoms with Gasteiger partial charge in [0.25, 0.3) is 5.91 Å². The summed E-state index contributed by atoms with van der Waals surface area (Å²) >= 11 is 0. The average Bonchev–Trinajstić information content (AvgIpc) is 2.96. The summed E-state index contributed by atoms with van der Waals surface area (Å²) in [4.78, 5) is 13.2. The zero-order valence-electron chi connectivity index (χ0n) is 14.5. The topological polar surface area (TPSA) is 102 Å². The molecule has 1 unspecified atom stereocenters. The standard InChI is InChI=1S/C18H21FN4O3/c1-26-15-7-9(19)6-12-11(4-5-21-16(12)15)18(25)23-17(20)13-8-10(24)2-3-14(13)22-23/h6-7,10-11,21,24H,2-5,8,20H2,1H3/t10-,11?/m1/s1. The van der Waals surface area contributed by atoms with Crippen molar-refractivity contribution in [1.29, 1.82) is 0 Å². The molecule has 8 heteroatoms. The van der Waals surface area contributed by atoms with E-state index in [0.717, 1.165) is 11.3 Å². The number of aromatic nitrogens is 2. The lowest BCUT2D eigenvalue weighted by atomic mass is 9.89. The third kappa shape index (κ3) is 2.61. The van der Waals surface area contributed by atoms with Gasteiger partial charge in [0.1, 0.15) is 17.4 Å². The number of aryl methyl sites for hydroxylation is 1. The first-order valence-electron chi connectivity index (χ1n) is 8.69. The first-order valence-corrected chi connectivity index (χ1v) is 8.69. The number of rotatable bonds is 2. The minimum absolute atomic E-state index is 0.271. The van der Waals surface area contributed by atoms with Crippen LogP contribution in [0.2, 0.25) is 0 Å². The number of hydrogen-bond acceptors (Lipinski definition) is 6. The van der Waals surface area contributed by atoms with Gasteiger partial charge in [-0.05, 0) is 30.9 Å². The molecule has 138 valence electrons. The number of methoxy groups -OCH3 is 1. The monoisotopic (exact) mass is 360 g/mol. The fourth-order valence-corrected chi connectivity index (χ4v) is 3.87. The lowest BCUT2D eigenvalue weighted by Gasteiger charge is -2.27. The van der Waals surface area contributed by atoms with Gasteiger partial charge < -0.3 is 20.9 Å². The van der Waals surface area contributed by atoms with Gasteiger partial charge in [-0.25, -0.2) is 4.39 Å². The molecule has 2 aliphatic rings. The van der Waals surface area contributed by atoms with Gasteiger partial charge in [0.15, 0.2) is 0 Å². The maximum atomic E-state index is 14.0. The second kappa shape index (κ2) is 6.28. The van der Waals surface area contributed by atoms with E-state index in [4.69, 9.17) is 10.5 Å². The Morgan fingerprint density at radius 1 is 1.46 bits per heavy atom. The number of carbonyl (C=O) groups excluding carboxylic acids is 1. The normalized spacial score (nSPS) is 21.5. The van der Waals surface area contributed by atoms with Gasteiger partial charge in [0.2, 0.25) is 0 Å². The average molecular weight is 360 g/mol. The Bertz CT molecular complexity index is 880. The van der Waals surface area contributed by atoms with Crippen molar-refractivity contribution >= 4 is 17.4 Å². The Labute approximate surface area is 149 Å². The van der Waals surface area contributed by atoms with Gasteiger partial charge in [-0.3, -0.25) is 4.79 Å². The van der Waals surface area contributed by atoms with E-state index < -0.39 is 17.8 Å². The van der Waals surface area contributed by atoms with E-state index >= 15 is 0 Å². The third-order valence-electron chi connectivity index (χ3n) is 5.19. The van der Waals surface area contributed by atoms with Crippen LogP contribution in [-0.2, 0) is 12.8 Å². The lowest BCUT2D eigenvalue weighted by Crippen LogP contribution is -2.29. The van der Waals surface area contributed by atoms with E-state index in [1.165, 1.54) is 23.9 Å². The molecule has 0 saturated carbocycles. The number of halogens is 1. The van der Waals surface area contributed by atoms with Crippen LogP contribution in [-0.4, -0.2) is 40.6 Å². The molecule has 1 aromatic heterocycles. The van der Waals surface area contributed by atoms with E-state index in [9.17, 15) is 14.3 Å². The second-order valence-corrected chi connectivity index (χ2v) is 6.80. The Kier molecular flexibility index (Phi) is 4.07. The molecule has 2 aromatic rings. The summed E-state index contributed by atoms with van der Waals surface area (Å²) in [6, 6.07) is 2.65. The number of carbonyl (C=O) groups is 1. The number of anilines is 2. The van der Waals surface area contributed by atoms with Crippen molar-refractivity contribution < 1.29 is 19.0 Å². The van der Waals surface area contributed by atoms with Crippen LogP contribution >= 0.6 is 0 Å². The van der Waals surface area contributed by atoms with Gasteiger partial charge in [-0.1, -0.05) is 0 Å². The largest absolute Gasteiger partial charge is 0.494 e. The number of fused-ring (bicyclic) bond motifs is 2. The molecule has 4 rings (SSSR count). The molecule has 26 heavy (non-hydrogen) atoms. The minimum Gasteiger partial charge on any atom is -0.494 e. The van der Waals surface area contributed by atoms with Crippen LogP contribution in [0.1, 0.15) is 40.4 Å². The Hall–Kier alpha value is -2.61. The van der Waals surface area contributed by atoms with Crippen molar-refractivity contribution in [3.05, 3.63) is 34.8 Å². The van der Waals surface area contributed by atoms with E-state index in [-0.39, 0.29) is 11.7 Å². The number of benzene rings is 1. The van der Waals surface area contributed by atoms with Crippen molar-refractivity contribution in [2.24, 2.45) is 0 Å².